The van der Waals surface area contributed by atoms with E-state index in [0.717, 1.165) is 30.5 Å². The highest BCUT2D eigenvalue weighted by Gasteiger charge is 2.27. The Bertz CT molecular complexity index is 802. The van der Waals surface area contributed by atoms with Gasteiger partial charge in [-0.3, -0.25) is 4.98 Å². The number of sulfonamides is 1. The molecule has 0 atom stereocenters. The number of rotatable bonds is 5. The number of nitrogens with zero attached hydrogens (tertiary/aromatic N) is 3. The highest BCUT2D eigenvalue weighted by molar-refractivity contribution is 7.89. The van der Waals surface area contributed by atoms with Crippen LogP contribution in [0.5, 0.6) is 0 Å². The Morgan fingerprint density at radius 1 is 1.12 bits per heavy atom. The van der Waals surface area contributed by atoms with E-state index in [0.29, 0.717) is 30.3 Å². The van der Waals surface area contributed by atoms with Crippen molar-refractivity contribution < 1.29 is 8.42 Å². The summed E-state index contributed by atoms with van der Waals surface area (Å²) in [5, 5.41) is 3.16. The molecule has 1 N–H and O–H groups in total. The second kappa shape index (κ2) is 7.27. The average molecular weight is 346 g/mol. The van der Waals surface area contributed by atoms with Gasteiger partial charge in [-0.25, -0.2) is 13.4 Å². The summed E-state index contributed by atoms with van der Waals surface area (Å²) < 4.78 is 27.5. The maximum absolute atomic E-state index is 12.9. The third kappa shape index (κ3) is 3.73. The Labute approximate surface area is 143 Å². The van der Waals surface area contributed by atoms with Crippen molar-refractivity contribution in [3.05, 3.63) is 47.9 Å². The van der Waals surface area contributed by atoms with E-state index < -0.39 is 10.0 Å². The third-order valence-electron chi connectivity index (χ3n) is 4.12. The number of nitrogens with one attached hydrogen (secondary N) is 1. The highest BCUT2D eigenvalue weighted by Crippen LogP contribution is 2.24. The molecule has 2 heterocycles. The van der Waals surface area contributed by atoms with Crippen LogP contribution >= 0.6 is 0 Å². The van der Waals surface area contributed by atoms with Crippen LogP contribution < -0.4 is 5.32 Å². The van der Waals surface area contributed by atoms with Crippen molar-refractivity contribution in [2.75, 3.05) is 18.4 Å². The summed E-state index contributed by atoms with van der Waals surface area (Å²) in [5.74, 6) is 0.639. The first-order valence-corrected chi connectivity index (χ1v) is 9.62. The van der Waals surface area contributed by atoms with E-state index in [1.807, 2.05) is 19.1 Å². The van der Waals surface area contributed by atoms with Gasteiger partial charge in [0.15, 0.2) is 0 Å². The van der Waals surface area contributed by atoms with Gasteiger partial charge in [-0.1, -0.05) is 24.6 Å². The summed E-state index contributed by atoms with van der Waals surface area (Å²) >= 11 is 0. The largest absolute Gasteiger partial charge is 0.365 e. The van der Waals surface area contributed by atoms with Crippen molar-refractivity contribution in [2.45, 2.75) is 37.6 Å². The van der Waals surface area contributed by atoms with Gasteiger partial charge >= 0.3 is 0 Å². The van der Waals surface area contributed by atoms with E-state index in [1.165, 1.54) is 0 Å². The number of anilines is 1. The molecule has 24 heavy (non-hydrogen) atoms. The molecule has 2 aromatic rings. The molecule has 0 unspecified atom stereocenters. The van der Waals surface area contributed by atoms with E-state index in [9.17, 15) is 8.42 Å². The summed E-state index contributed by atoms with van der Waals surface area (Å²) in [7, 11) is -3.45. The number of aromatic nitrogens is 2. The molecule has 1 aliphatic rings. The fraction of sp³-hybridized carbons (Fsp3) is 0.412. The van der Waals surface area contributed by atoms with Gasteiger partial charge in [0.25, 0.3) is 0 Å². The fourth-order valence-corrected chi connectivity index (χ4v) is 4.62. The highest BCUT2D eigenvalue weighted by atomic mass is 32.2. The maximum Gasteiger partial charge on any atom is 0.243 e. The van der Waals surface area contributed by atoms with Gasteiger partial charge in [0, 0.05) is 25.8 Å². The van der Waals surface area contributed by atoms with Crippen LogP contribution in [0.4, 0.5) is 5.82 Å². The van der Waals surface area contributed by atoms with E-state index in [4.69, 9.17) is 0 Å². The van der Waals surface area contributed by atoms with Gasteiger partial charge in [-0.2, -0.15) is 4.31 Å². The number of aryl methyl sites for hydroxylation is 1. The molecule has 0 radical (unpaired) electrons. The van der Waals surface area contributed by atoms with E-state index in [-0.39, 0.29) is 0 Å². The molecule has 128 valence electrons. The van der Waals surface area contributed by atoms with Crippen LogP contribution in [0, 0.1) is 6.92 Å². The lowest BCUT2D eigenvalue weighted by molar-refractivity contribution is 0.346. The predicted molar refractivity (Wildman–Crippen MR) is 93.1 cm³/mol. The van der Waals surface area contributed by atoms with Crippen molar-refractivity contribution in [3.63, 3.8) is 0 Å². The molecular weight excluding hydrogens is 324 g/mol. The van der Waals surface area contributed by atoms with Crippen molar-refractivity contribution >= 4 is 15.8 Å². The summed E-state index contributed by atoms with van der Waals surface area (Å²) in [6.45, 7) is 3.47. The normalized spacial score (nSPS) is 16.0. The van der Waals surface area contributed by atoms with Crippen molar-refractivity contribution in [1.29, 1.82) is 0 Å². The van der Waals surface area contributed by atoms with Gasteiger partial charge in [-0.05, 0) is 31.4 Å². The molecule has 0 spiro atoms. The zero-order valence-electron chi connectivity index (χ0n) is 13.8. The Morgan fingerprint density at radius 2 is 1.88 bits per heavy atom. The van der Waals surface area contributed by atoms with Crippen molar-refractivity contribution in [2.24, 2.45) is 0 Å². The van der Waals surface area contributed by atoms with Crippen molar-refractivity contribution in [1.82, 2.24) is 14.3 Å². The zero-order chi connectivity index (χ0) is 17.0. The minimum Gasteiger partial charge on any atom is -0.365 e. The quantitative estimate of drug-likeness (QED) is 0.900. The van der Waals surface area contributed by atoms with E-state index in [2.05, 4.69) is 15.3 Å². The molecular formula is C17H22N4O2S. The van der Waals surface area contributed by atoms with Gasteiger partial charge in [-0.15, -0.1) is 0 Å². The second-order valence-electron chi connectivity index (χ2n) is 5.97. The maximum atomic E-state index is 12.9. The first-order valence-electron chi connectivity index (χ1n) is 8.18. The lowest BCUT2D eigenvalue weighted by Crippen LogP contribution is -2.36. The molecule has 7 heteroatoms. The lowest BCUT2D eigenvalue weighted by atomic mass is 10.2. The Kier molecular flexibility index (Phi) is 5.11. The van der Waals surface area contributed by atoms with Gasteiger partial charge in [0.1, 0.15) is 5.82 Å². The average Bonchev–Trinajstić information content (AvgIpc) is 2.61. The summed E-state index contributed by atoms with van der Waals surface area (Å²) in [5.41, 5.74) is 1.56. The van der Waals surface area contributed by atoms with Gasteiger partial charge < -0.3 is 5.32 Å². The van der Waals surface area contributed by atoms with Crippen molar-refractivity contribution in [3.8, 4) is 0 Å². The number of benzene rings is 1. The predicted octanol–water partition coefficient (Wildman–Crippen LogP) is 2.57. The standard InChI is InChI=1S/C17H22N4O2S/c1-14-11-18-13-17(20-14)19-12-15-7-3-4-8-16(15)24(22,23)21-9-5-2-6-10-21/h3-4,7-8,11,13H,2,5-6,9-10,12H2,1H3,(H,19,20). The van der Waals surface area contributed by atoms with Crippen LogP contribution in [0.25, 0.3) is 0 Å². The topological polar surface area (TPSA) is 75.2 Å². The summed E-state index contributed by atoms with van der Waals surface area (Å²) in [4.78, 5) is 8.80. The van der Waals surface area contributed by atoms with Crippen LogP contribution in [-0.4, -0.2) is 35.8 Å². The molecule has 1 aliphatic heterocycles. The summed E-state index contributed by atoms with van der Waals surface area (Å²) in [6, 6.07) is 7.15. The molecule has 3 rings (SSSR count). The molecule has 1 aromatic carbocycles. The summed E-state index contributed by atoms with van der Waals surface area (Å²) in [6.07, 6.45) is 6.27. The van der Waals surface area contributed by atoms with Crippen LogP contribution in [0.3, 0.4) is 0 Å². The lowest BCUT2D eigenvalue weighted by Gasteiger charge is -2.26. The Balaban J connectivity index is 1.82. The van der Waals surface area contributed by atoms with Crippen LogP contribution in [0.2, 0.25) is 0 Å². The minimum atomic E-state index is -3.45. The number of piperidine rings is 1. The second-order valence-corrected chi connectivity index (χ2v) is 7.88. The molecule has 1 aromatic heterocycles. The fourth-order valence-electron chi connectivity index (χ4n) is 2.88. The molecule has 0 amide bonds. The van der Waals surface area contributed by atoms with Crippen LogP contribution in [0.15, 0.2) is 41.6 Å². The first kappa shape index (κ1) is 16.9. The monoisotopic (exact) mass is 346 g/mol. The Hall–Kier alpha value is -1.99. The van der Waals surface area contributed by atoms with Gasteiger partial charge in [0.2, 0.25) is 10.0 Å². The van der Waals surface area contributed by atoms with Crippen LogP contribution in [-0.2, 0) is 16.6 Å². The smallest absolute Gasteiger partial charge is 0.243 e. The third-order valence-corrected chi connectivity index (χ3v) is 6.12. The first-order chi connectivity index (χ1) is 11.6. The minimum absolute atomic E-state index is 0.375. The molecule has 0 saturated carbocycles. The Morgan fingerprint density at radius 3 is 2.62 bits per heavy atom. The SMILES string of the molecule is Cc1cncc(NCc2ccccc2S(=O)(=O)N2CCCCC2)n1. The molecule has 0 aliphatic carbocycles. The van der Waals surface area contributed by atoms with Crippen LogP contribution in [0.1, 0.15) is 30.5 Å². The molecule has 0 bridgehead atoms. The number of hydrogen-bond acceptors (Lipinski definition) is 5. The van der Waals surface area contributed by atoms with E-state index >= 15 is 0 Å². The zero-order valence-corrected chi connectivity index (χ0v) is 14.6. The molecule has 1 saturated heterocycles. The molecule has 6 nitrogen and oxygen atoms in total. The molecule has 1 fully saturated rings. The van der Waals surface area contributed by atoms with E-state index in [1.54, 1.807) is 28.8 Å². The number of hydrogen-bond donors (Lipinski definition) is 1. The van der Waals surface area contributed by atoms with Gasteiger partial charge in [0.05, 0.1) is 16.8 Å².